The second-order valence-electron chi connectivity index (χ2n) is 11.0. The van der Waals surface area contributed by atoms with Gasteiger partial charge in [0, 0.05) is 50.4 Å². The molecule has 0 fully saturated rings. The predicted octanol–water partition coefficient (Wildman–Crippen LogP) is 3.73. The van der Waals surface area contributed by atoms with Crippen molar-refractivity contribution in [1.29, 1.82) is 0 Å². The largest absolute Gasteiger partial charge is 0.495 e. The van der Waals surface area contributed by atoms with E-state index in [1.807, 2.05) is 30.3 Å². The number of anilines is 2. The second kappa shape index (κ2) is 13.7. The fourth-order valence-corrected chi connectivity index (χ4v) is 6.32. The molecule has 3 heterocycles. The Kier molecular flexibility index (Phi) is 9.71. The highest BCUT2D eigenvalue weighted by atomic mass is 35.5. The van der Waals surface area contributed by atoms with Crippen molar-refractivity contribution >= 4 is 34.9 Å². The van der Waals surface area contributed by atoms with Gasteiger partial charge in [0.25, 0.3) is 5.56 Å². The molecule has 3 N–H and O–H groups in total. The zero-order valence-corrected chi connectivity index (χ0v) is 26.6. The van der Waals surface area contributed by atoms with Crippen molar-refractivity contribution in [2.24, 2.45) is 0 Å². The second-order valence-corrected chi connectivity index (χ2v) is 11.4. The quantitative estimate of drug-likeness (QED) is 0.262. The normalized spacial score (nSPS) is 16.0. The van der Waals surface area contributed by atoms with Gasteiger partial charge in [0.15, 0.2) is 0 Å². The number of hydrogen-bond donors (Lipinski definition) is 3. The first-order chi connectivity index (χ1) is 22.1. The third-order valence-electron chi connectivity index (χ3n) is 8.07. The lowest BCUT2D eigenvalue weighted by Gasteiger charge is -2.20. The van der Waals surface area contributed by atoms with Crippen molar-refractivity contribution in [3.05, 3.63) is 103 Å². The van der Waals surface area contributed by atoms with E-state index in [-0.39, 0.29) is 30.6 Å². The Morgan fingerprint density at radius 3 is 2.46 bits per heavy atom. The van der Waals surface area contributed by atoms with Crippen LogP contribution in [0.4, 0.5) is 11.5 Å². The zero-order valence-electron chi connectivity index (χ0n) is 25.8. The van der Waals surface area contributed by atoms with Gasteiger partial charge in [0.1, 0.15) is 11.6 Å². The fraction of sp³-hybridized carbons (Fsp3) is 0.303. The maximum Gasteiger partial charge on any atom is 0.328 e. The van der Waals surface area contributed by atoms with E-state index in [9.17, 15) is 19.2 Å². The average Bonchev–Trinajstić information content (AvgIpc) is 3.54. The Labute approximate surface area is 269 Å². The average molecular weight is 648 g/mol. The Morgan fingerprint density at radius 2 is 1.76 bits per heavy atom. The lowest BCUT2D eigenvalue weighted by atomic mass is 9.79. The number of aromatic nitrogens is 3. The summed E-state index contributed by atoms with van der Waals surface area (Å²) < 4.78 is 16.4. The highest BCUT2D eigenvalue weighted by Crippen LogP contribution is 2.47. The number of methoxy groups -OCH3 is 3. The van der Waals surface area contributed by atoms with E-state index in [1.165, 1.54) is 34.4 Å². The molecule has 46 heavy (non-hydrogen) atoms. The fourth-order valence-electron chi connectivity index (χ4n) is 6.02. The number of nitrogens with zero attached hydrogens (tertiary/aromatic N) is 2. The molecule has 240 valence electrons. The van der Waals surface area contributed by atoms with E-state index in [0.717, 1.165) is 26.9 Å². The summed E-state index contributed by atoms with van der Waals surface area (Å²) >= 11 is 6.29. The van der Waals surface area contributed by atoms with Crippen molar-refractivity contribution < 1.29 is 23.8 Å². The van der Waals surface area contributed by atoms with Gasteiger partial charge in [-0.3, -0.25) is 19.0 Å². The van der Waals surface area contributed by atoms with Gasteiger partial charge in [-0.25, -0.2) is 9.78 Å². The van der Waals surface area contributed by atoms with Crippen molar-refractivity contribution in [2.45, 2.75) is 31.2 Å². The minimum Gasteiger partial charge on any atom is -0.495 e. The Balaban J connectivity index is 0.000000182. The molecular formula is C33H34ClN5O7. The van der Waals surface area contributed by atoms with E-state index in [1.54, 1.807) is 24.4 Å². The van der Waals surface area contributed by atoms with E-state index in [2.05, 4.69) is 20.6 Å². The van der Waals surface area contributed by atoms with Crippen molar-refractivity contribution in [3.8, 4) is 16.9 Å². The number of benzene rings is 2. The number of rotatable bonds is 8. The number of amides is 2. The minimum absolute atomic E-state index is 0.0125. The van der Waals surface area contributed by atoms with Crippen molar-refractivity contribution in [1.82, 2.24) is 14.5 Å². The summed E-state index contributed by atoms with van der Waals surface area (Å²) in [6.07, 6.45) is 4.35. The molecule has 0 saturated carbocycles. The molecule has 0 unspecified atom stereocenters. The standard InChI is InChI=1S/C17H15N3O2.C16H19ClN2O5/c1-10(21)19-13-5-4-11-8-17(9-12(11)7-13)14-3-2-6-18-15(14)20-16(17)22;1-22-8-10(9-23-2)19-15(20)12(7-18-16(19)21)11-5-4-6-13(24-3)14(11)17/h2-7H,8-9H2,1H3,(H,19,21)(H,18,20,22);4-7,10H,8-9H2,1-3H3,(H,18,21)/t17-;/m1./s1. The molecule has 2 amide bonds. The minimum atomic E-state index is -0.555. The van der Waals surface area contributed by atoms with E-state index in [0.29, 0.717) is 35.0 Å². The number of nitrogens with one attached hydrogen (secondary N) is 3. The lowest BCUT2D eigenvalue weighted by molar-refractivity contribution is -0.120. The Morgan fingerprint density at radius 1 is 1.02 bits per heavy atom. The number of ether oxygens (including phenoxy) is 3. The predicted molar refractivity (Wildman–Crippen MR) is 174 cm³/mol. The summed E-state index contributed by atoms with van der Waals surface area (Å²) in [5, 5.41) is 5.98. The van der Waals surface area contributed by atoms with Crippen LogP contribution in [0.2, 0.25) is 5.02 Å². The molecule has 6 rings (SSSR count). The molecule has 4 aromatic rings. The van der Waals surface area contributed by atoms with Crippen LogP contribution in [0, 0.1) is 0 Å². The first kappa shape index (κ1) is 32.6. The van der Waals surface area contributed by atoms with Gasteiger partial charge in [0.05, 0.1) is 42.4 Å². The number of hydrogen-bond acceptors (Lipinski definition) is 8. The molecule has 1 aliphatic heterocycles. The van der Waals surface area contributed by atoms with Gasteiger partial charge < -0.3 is 29.8 Å². The molecule has 0 saturated heterocycles. The van der Waals surface area contributed by atoms with Crippen molar-refractivity contribution in [3.63, 3.8) is 0 Å². The molecular weight excluding hydrogens is 614 g/mol. The number of halogens is 1. The van der Waals surface area contributed by atoms with Crippen LogP contribution in [-0.2, 0) is 37.3 Å². The number of H-pyrrole nitrogens is 1. The van der Waals surface area contributed by atoms with Gasteiger partial charge in [0.2, 0.25) is 11.8 Å². The summed E-state index contributed by atoms with van der Waals surface area (Å²) in [7, 11) is 4.47. The number of aromatic amines is 1. The third-order valence-corrected chi connectivity index (χ3v) is 8.46. The Bertz CT molecular complexity index is 1900. The van der Waals surface area contributed by atoms with E-state index in [4.69, 9.17) is 25.8 Å². The van der Waals surface area contributed by atoms with Crippen LogP contribution in [-0.4, -0.2) is 60.9 Å². The summed E-state index contributed by atoms with van der Waals surface area (Å²) in [5.74, 6) is 1.03. The van der Waals surface area contributed by atoms with E-state index < -0.39 is 22.7 Å². The van der Waals surface area contributed by atoms with E-state index >= 15 is 0 Å². The molecule has 2 aromatic carbocycles. The van der Waals surface area contributed by atoms with Crippen LogP contribution in [0.25, 0.3) is 11.1 Å². The molecule has 13 heteroatoms. The molecule has 2 aromatic heterocycles. The van der Waals surface area contributed by atoms with Crippen LogP contribution < -0.4 is 26.6 Å². The first-order valence-corrected chi connectivity index (χ1v) is 14.8. The summed E-state index contributed by atoms with van der Waals surface area (Å²) in [6, 6.07) is 14.2. The monoisotopic (exact) mass is 647 g/mol. The van der Waals surface area contributed by atoms with Gasteiger partial charge in [-0.15, -0.1) is 0 Å². The smallest absolute Gasteiger partial charge is 0.328 e. The molecule has 0 radical (unpaired) electrons. The maximum atomic E-state index is 12.9. The van der Waals surface area contributed by atoms with Crippen LogP contribution in [0.1, 0.15) is 29.7 Å². The molecule has 1 spiro atoms. The molecule has 1 atom stereocenters. The first-order valence-electron chi connectivity index (χ1n) is 14.4. The summed E-state index contributed by atoms with van der Waals surface area (Å²) in [6.45, 7) is 1.80. The maximum absolute atomic E-state index is 12.9. The highest BCUT2D eigenvalue weighted by molar-refractivity contribution is 6.34. The molecule has 0 bridgehead atoms. The van der Waals surface area contributed by atoms with Crippen LogP contribution in [0.5, 0.6) is 5.75 Å². The Hall–Kier alpha value is -4.78. The molecule has 12 nitrogen and oxygen atoms in total. The number of pyridine rings is 1. The van der Waals surface area contributed by atoms with Gasteiger partial charge in [-0.05, 0) is 48.2 Å². The van der Waals surface area contributed by atoms with Crippen LogP contribution in [0.15, 0.2) is 70.5 Å². The third kappa shape index (κ3) is 6.19. The number of carbonyl (C=O) groups is 2. The number of fused-ring (bicyclic) bond motifs is 3. The van der Waals surface area contributed by atoms with Gasteiger partial charge >= 0.3 is 5.69 Å². The van der Waals surface area contributed by atoms with Crippen molar-refractivity contribution in [2.75, 3.05) is 45.2 Å². The lowest BCUT2D eigenvalue weighted by Crippen LogP contribution is -2.41. The molecule has 1 aliphatic carbocycles. The van der Waals surface area contributed by atoms with Gasteiger partial charge in [-0.1, -0.05) is 35.9 Å². The number of carbonyl (C=O) groups excluding carboxylic acids is 2. The summed E-state index contributed by atoms with van der Waals surface area (Å²) in [4.78, 5) is 55.6. The topological polar surface area (TPSA) is 154 Å². The highest BCUT2D eigenvalue weighted by Gasteiger charge is 2.51. The molecule has 2 aliphatic rings. The van der Waals surface area contributed by atoms with Crippen LogP contribution >= 0.6 is 11.6 Å². The zero-order chi connectivity index (χ0) is 33.0. The van der Waals surface area contributed by atoms with Gasteiger partial charge in [-0.2, -0.15) is 0 Å². The van der Waals surface area contributed by atoms with Crippen LogP contribution in [0.3, 0.4) is 0 Å². The summed E-state index contributed by atoms with van der Waals surface area (Å²) in [5.41, 5.74) is 3.16. The SMILES string of the molecule is CC(=O)Nc1ccc2c(c1)C[C@@]1(C2)C(=O)Nc2ncccc21.COCC(COC)n1c(=O)[nH]cc(-c2cccc(OC)c2Cl)c1=O.